The predicted molar refractivity (Wildman–Crippen MR) is 67.5 cm³/mol. The number of rotatable bonds is 6. The fourth-order valence-corrected chi connectivity index (χ4v) is 3.08. The lowest BCUT2D eigenvalue weighted by atomic mass is 10.1. The highest BCUT2D eigenvalue weighted by molar-refractivity contribution is 7.98. The van der Waals surface area contributed by atoms with E-state index in [-0.39, 0.29) is 11.6 Å². The van der Waals surface area contributed by atoms with Crippen molar-refractivity contribution in [3.63, 3.8) is 0 Å². The Balaban J connectivity index is 2.69. The molecule has 0 radical (unpaired) electrons. The zero-order valence-electron chi connectivity index (χ0n) is 10.0. The average Bonchev–Trinajstić information content (AvgIpc) is 2.63. The van der Waals surface area contributed by atoms with Gasteiger partial charge in [0.2, 0.25) is 0 Å². The third-order valence-electron chi connectivity index (χ3n) is 2.07. The molecule has 8 heteroatoms. The third-order valence-corrected chi connectivity index (χ3v) is 4.29. The van der Waals surface area contributed by atoms with Crippen molar-refractivity contribution in [1.82, 2.24) is 14.7 Å². The van der Waals surface area contributed by atoms with Gasteiger partial charge in [0.1, 0.15) is 5.82 Å². The van der Waals surface area contributed by atoms with Crippen LogP contribution in [0, 0.1) is 6.92 Å². The fraction of sp³-hybridized carbons (Fsp3) is 0.667. The lowest BCUT2D eigenvalue weighted by molar-refractivity contribution is 0.0908. The van der Waals surface area contributed by atoms with Gasteiger partial charge in [0.05, 0.1) is 11.8 Å². The topological polar surface area (TPSA) is 95.1 Å². The molecule has 1 rings (SSSR count). The van der Waals surface area contributed by atoms with Crippen LogP contribution in [0.3, 0.4) is 0 Å². The van der Waals surface area contributed by atoms with Crippen LogP contribution in [0.2, 0.25) is 0 Å². The molecule has 1 heterocycles. The Bertz CT molecular complexity index is 468. The molecule has 17 heavy (non-hydrogen) atoms. The van der Waals surface area contributed by atoms with E-state index in [0.717, 1.165) is 0 Å². The van der Waals surface area contributed by atoms with Crippen LogP contribution in [0.4, 0.5) is 0 Å². The maximum absolute atomic E-state index is 11.8. The number of aromatic amines is 1. The molecule has 0 aromatic carbocycles. The van der Waals surface area contributed by atoms with Crippen LogP contribution >= 0.6 is 11.8 Å². The van der Waals surface area contributed by atoms with Gasteiger partial charge in [-0.1, -0.05) is 0 Å². The Labute approximate surface area is 105 Å². The minimum atomic E-state index is -3.63. The van der Waals surface area contributed by atoms with Gasteiger partial charge in [0.25, 0.3) is 10.0 Å². The van der Waals surface area contributed by atoms with Crippen LogP contribution in [-0.4, -0.2) is 47.6 Å². The Morgan fingerprint density at radius 1 is 1.65 bits per heavy atom. The van der Waals surface area contributed by atoms with E-state index in [1.54, 1.807) is 13.8 Å². The molecule has 1 atom stereocenters. The summed E-state index contributed by atoms with van der Waals surface area (Å²) < 4.78 is 25.9. The SMILES string of the molecule is CSCC(C)(O)CNS(=O)(=O)c1cnc(C)[nH]1. The maximum Gasteiger partial charge on any atom is 0.257 e. The molecule has 0 aliphatic heterocycles. The lowest BCUT2D eigenvalue weighted by Crippen LogP contribution is -2.42. The van der Waals surface area contributed by atoms with E-state index in [9.17, 15) is 13.5 Å². The molecule has 0 fully saturated rings. The summed E-state index contributed by atoms with van der Waals surface area (Å²) in [7, 11) is -3.63. The fourth-order valence-electron chi connectivity index (χ4n) is 1.23. The molecule has 0 spiro atoms. The first-order chi connectivity index (χ1) is 7.77. The van der Waals surface area contributed by atoms with Crippen molar-refractivity contribution >= 4 is 21.8 Å². The van der Waals surface area contributed by atoms with Crippen molar-refractivity contribution in [2.24, 2.45) is 0 Å². The van der Waals surface area contributed by atoms with Crippen molar-refractivity contribution < 1.29 is 13.5 Å². The molecule has 0 aliphatic rings. The van der Waals surface area contributed by atoms with E-state index in [1.807, 2.05) is 6.26 Å². The number of imidazole rings is 1. The summed E-state index contributed by atoms with van der Waals surface area (Å²) in [4.78, 5) is 6.46. The molecule has 0 bridgehead atoms. The highest BCUT2D eigenvalue weighted by Crippen LogP contribution is 2.11. The summed E-state index contributed by atoms with van der Waals surface area (Å²) in [6, 6.07) is 0. The molecule has 6 nitrogen and oxygen atoms in total. The largest absolute Gasteiger partial charge is 0.388 e. The first-order valence-corrected chi connectivity index (χ1v) is 7.87. The number of nitrogens with one attached hydrogen (secondary N) is 2. The summed E-state index contributed by atoms with van der Waals surface area (Å²) in [5, 5.41) is 9.87. The number of aliphatic hydroxyl groups is 1. The number of thioether (sulfide) groups is 1. The van der Waals surface area contributed by atoms with Crippen molar-refractivity contribution in [2.75, 3.05) is 18.6 Å². The van der Waals surface area contributed by atoms with Gasteiger partial charge in [0, 0.05) is 12.3 Å². The molecule has 0 saturated heterocycles. The Hall–Kier alpha value is -0.570. The smallest absolute Gasteiger partial charge is 0.257 e. The molecule has 1 aromatic heterocycles. The molecular formula is C9H17N3O3S2. The maximum atomic E-state index is 11.8. The van der Waals surface area contributed by atoms with Crippen molar-refractivity contribution in [3.05, 3.63) is 12.0 Å². The van der Waals surface area contributed by atoms with Crippen LogP contribution in [0.5, 0.6) is 0 Å². The van der Waals surface area contributed by atoms with Crippen LogP contribution in [0.25, 0.3) is 0 Å². The summed E-state index contributed by atoms with van der Waals surface area (Å²) in [6.45, 7) is 3.22. The van der Waals surface area contributed by atoms with E-state index in [2.05, 4.69) is 14.7 Å². The second-order valence-electron chi connectivity index (χ2n) is 4.09. The molecule has 0 saturated carbocycles. The number of hydrogen-bond donors (Lipinski definition) is 3. The van der Waals surface area contributed by atoms with E-state index < -0.39 is 15.6 Å². The van der Waals surface area contributed by atoms with Crippen LogP contribution in [0.1, 0.15) is 12.7 Å². The molecule has 3 N–H and O–H groups in total. The highest BCUT2D eigenvalue weighted by Gasteiger charge is 2.24. The van der Waals surface area contributed by atoms with Crippen LogP contribution < -0.4 is 4.72 Å². The van der Waals surface area contributed by atoms with E-state index in [0.29, 0.717) is 11.6 Å². The quantitative estimate of drug-likeness (QED) is 0.687. The minimum absolute atomic E-state index is 0.00921. The second-order valence-corrected chi connectivity index (χ2v) is 6.69. The van der Waals surface area contributed by atoms with Gasteiger partial charge in [-0.3, -0.25) is 0 Å². The zero-order chi connectivity index (χ0) is 13.1. The third kappa shape index (κ3) is 4.30. The van der Waals surface area contributed by atoms with Gasteiger partial charge in [-0.05, 0) is 20.1 Å². The number of aromatic nitrogens is 2. The summed E-state index contributed by atoms with van der Waals surface area (Å²) >= 11 is 1.45. The Morgan fingerprint density at radius 3 is 2.76 bits per heavy atom. The van der Waals surface area contributed by atoms with Crippen molar-refractivity contribution in [2.45, 2.75) is 24.5 Å². The van der Waals surface area contributed by atoms with Gasteiger partial charge < -0.3 is 10.1 Å². The van der Waals surface area contributed by atoms with E-state index in [1.165, 1.54) is 18.0 Å². The summed E-state index contributed by atoms with van der Waals surface area (Å²) in [5.41, 5.74) is -1.07. The number of H-pyrrole nitrogens is 1. The number of aryl methyl sites for hydroxylation is 1. The molecule has 1 aromatic rings. The molecule has 0 aliphatic carbocycles. The van der Waals surface area contributed by atoms with E-state index >= 15 is 0 Å². The standard InChI is InChI=1S/C9H17N3O3S2/c1-7-10-4-8(12-7)17(14,15)11-5-9(2,13)6-16-3/h4,11,13H,5-6H2,1-3H3,(H,10,12). The van der Waals surface area contributed by atoms with E-state index in [4.69, 9.17) is 0 Å². The molecular weight excluding hydrogens is 262 g/mol. The Kier molecular flexibility index (Phi) is 4.59. The zero-order valence-corrected chi connectivity index (χ0v) is 11.7. The van der Waals surface area contributed by atoms with Crippen molar-refractivity contribution in [1.29, 1.82) is 0 Å². The monoisotopic (exact) mass is 279 g/mol. The summed E-state index contributed by atoms with van der Waals surface area (Å²) in [6.07, 6.45) is 3.10. The second kappa shape index (κ2) is 5.38. The molecule has 1 unspecified atom stereocenters. The minimum Gasteiger partial charge on any atom is -0.388 e. The molecule has 0 amide bonds. The number of nitrogens with zero attached hydrogens (tertiary/aromatic N) is 1. The predicted octanol–water partition coefficient (Wildman–Crippen LogP) is 0.110. The summed E-state index contributed by atoms with van der Waals surface area (Å²) in [5.74, 6) is 0.985. The lowest BCUT2D eigenvalue weighted by Gasteiger charge is -2.22. The van der Waals surface area contributed by atoms with Gasteiger partial charge in [-0.2, -0.15) is 11.8 Å². The van der Waals surface area contributed by atoms with Crippen molar-refractivity contribution in [3.8, 4) is 0 Å². The number of sulfonamides is 1. The highest BCUT2D eigenvalue weighted by atomic mass is 32.2. The first kappa shape index (κ1) is 14.5. The van der Waals surface area contributed by atoms with Gasteiger partial charge in [-0.25, -0.2) is 18.1 Å². The average molecular weight is 279 g/mol. The van der Waals surface area contributed by atoms with Crippen LogP contribution in [0.15, 0.2) is 11.2 Å². The van der Waals surface area contributed by atoms with Crippen LogP contribution in [-0.2, 0) is 10.0 Å². The Morgan fingerprint density at radius 2 is 2.29 bits per heavy atom. The van der Waals surface area contributed by atoms with Gasteiger partial charge >= 0.3 is 0 Å². The normalized spacial score (nSPS) is 15.8. The van der Waals surface area contributed by atoms with Gasteiger partial charge in [-0.15, -0.1) is 0 Å². The first-order valence-electron chi connectivity index (χ1n) is 4.99. The number of hydrogen-bond acceptors (Lipinski definition) is 5. The van der Waals surface area contributed by atoms with Gasteiger partial charge in [0.15, 0.2) is 5.03 Å². The molecule has 98 valence electrons.